The normalized spacial score (nSPS) is 10.8. The quantitative estimate of drug-likeness (QED) is 0.513. The number of rotatable bonds is 3. The summed E-state index contributed by atoms with van der Waals surface area (Å²) >= 11 is 12.1. The van der Waals surface area contributed by atoms with Gasteiger partial charge in [-0.1, -0.05) is 48.0 Å². The average molecular weight is 317 g/mol. The molecule has 0 bridgehead atoms. The van der Waals surface area contributed by atoms with Crippen LogP contribution in [0.25, 0.3) is 10.8 Å². The Morgan fingerprint density at radius 2 is 1.67 bits per heavy atom. The lowest BCUT2D eigenvalue weighted by Gasteiger charge is -2.13. The van der Waals surface area contributed by atoms with Crippen molar-refractivity contribution in [1.29, 1.82) is 0 Å². The second-order valence-corrected chi connectivity index (χ2v) is 5.60. The summed E-state index contributed by atoms with van der Waals surface area (Å²) in [5.74, 6) is 2.09. The van der Waals surface area contributed by atoms with Crippen molar-refractivity contribution >= 4 is 34.0 Å². The zero-order valence-electron chi connectivity index (χ0n) is 11.6. The Hall–Kier alpha value is -1.70. The molecule has 3 rings (SSSR count). The topological polar surface area (TPSA) is 9.23 Å². The third kappa shape index (κ3) is 2.85. The van der Waals surface area contributed by atoms with E-state index in [0.29, 0.717) is 5.88 Å². The third-order valence-corrected chi connectivity index (χ3v) is 4.10. The molecule has 106 valence electrons. The molecule has 0 aromatic heterocycles. The van der Waals surface area contributed by atoms with Gasteiger partial charge in [0.2, 0.25) is 0 Å². The Kier molecular flexibility index (Phi) is 4.05. The van der Waals surface area contributed by atoms with Gasteiger partial charge >= 0.3 is 0 Å². The van der Waals surface area contributed by atoms with Crippen molar-refractivity contribution in [3.05, 3.63) is 70.7 Å². The minimum Gasteiger partial charge on any atom is -0.456 e. The van der Waals surface area contributed by atoms with Gasteiger partial charge in [0.25, 0.3) is 0 Å². The van der Waals surface area contributed by atoms with E-state index in [1.54, 1.807) is 0 Å². The first-order valence-corrected chi connectivity index (χ1v) is 7.61. The van der Waals surface area contributed by atoms with Gasteiger partial charge in [-0.3, -0.25) is 0 Å². The first-order chi connectivity index (χ1) is 10.2. The molecular formula is C18H14Cl2O. The Bertz CT molecular complexity index is 796. The summed E-state index contributed by atoms with van der Waals surface area (Å²) in [6.07, 6.45) is 0. The average Bonchev–Trinajstić information content (AvgIpc) is 2.52. The fourth-order valence-electron chi connectivity index (χ4n) is 2.28. The fourth-order valence-corrected chi connectivity index (χ4v) is 2.67. The molecule has 1 nitrogen and oxygen atoms in total. The number of ether oxygens (including phenoxy) is 1. The van der Waals surface area contributed by atoms with Crippen molar-refractivity contribution in [3.63, 3.8) is 0 Å². The van der Waals surface area contributed by atoms with Gasteiger partial charge in [-0.15, -0.1) is 11.6 Å². The minimum absolute atomic E-state index is 0.470. The first kappa shape index (κ1) is 14.2. The van der Waals surface area contributed by atoms with Gasteiger partial charge in [0.15, 0.2) is 0 Å². The van der Waals surface area contributed by atoms with E-state index < -0.39 is 0 Å². The lowest BCUT2D eigenvalue weighted by molar-refractivity contribution is 0.484. The molecule has 3 aromatic rings. The molecule has 0 heterocycles. The minimum atomic E-state index is 0.470. The lowest BCUT2D eigenvalue weighted by Crippen LogP contribution is -1.91. The van der Waals surface area contributed by atoms with E-state index in [2.05, 4.69) is 0 Å². The second-order valence-electron chi connectivity index (χ2n) is 4.93. The maximum Gasteiger partial charge on any atom is 0.135 e. The van der Waals surface area contributed by atoms with Crippen molar-refractivity contribution in [1.82, 2.24) is 0 Å². The van der Waals surface area contributed by atoms with E-state index >= 15 is 0 Å². The highest BCUT2D eigenvalue weighted by Gasteiger charge is 2.08. The summed E-state index contributed by atoms with van der Waals surface area (Å²) in [6.45, 7) is 2.02. The van der Waals surface area contributed by atoms with Crippen molar-refractivity contribution in [2.24, 2.45) is 0 Å². The van der Waals surface area contributed by atoms with E-state index in [4.69, 9.17) is 27.9 Å². The third-order valence-electron chi connectivity index (χ3n) is 3.46. The van der Waals surface area contributed by atoms with Crippen LogP contribution >= 0.6 is 23.2 Å². The van der Waals surface area contributed by atoms with Crippen LogP contribution in [-0.2, 0) is 5.88 Å². The summed E-state index contributed by atoms with van der Waals surface area (Å²) in [5, 5.41) is 2.72. The zero-order valence-corrected chi connectivity index (χ0v) is 13.1. The summed E-state index contributed by atoms with van der Waals surface area (Å²) in [7, 11) is 0. The molecule has 0 N–H and O–H groups in total. The Labute approximate surface area is 134 Å². The Morgan fingerprint density at radius 1 is 0.905 bits per heavy atom. The summed E-state index contributed by atoms with van der Waals surface area (Å²) < 4.78 is 6.10. The number of aryl methyl sites for hydroxylation is 1. The van der Waals surface area contributed by atoms with Crippen LogP contribution in [0.15, 0.2) is 54.6 Å². The summed E-state index contributed by atoms with van der Waals surface area (Å²) in [5.41, 5.74) is 2.11. The largest absolute Gasteiger partial charge is 0.456 e. The predicted octanol–water partition coefficient (Wildman–Crippen LogP) is 6.33. The van der Waals surface area contributed by atoms with Gasteiger partial charge < -0.3 is 4.74 Å². The molecule has 0 unspecified atom stereocenters. The molecule has 0 atom stereocenters. The summed E-state index contributed by atoms with van der Waals surface area (Å²) in [6, 6.07) is 17.7. The molecule has 0 aliphatic heterocycles. The molecule has 0 radical (unpaired) electrons. The van der Waals surface area contributed by atoms with Crippen LogP contribution in [0.4, 0.5) is 0 Å². The van der Waals surface area contributed by atoms with Crippen molar-refractivity contribution < 1.29 is 4.74 Å². The Morgan fingerprint density at radius 3 is 2.43 bits per heavy atom. The number of hydrogen-bond donors (Lipinski definition) is 0. The second kappa shape index (κ2) is 5.97. The number of hydrogen-bond acceptors (Lipinski definition) is 1. The molecule has 0 amide bonds. The molecule has 3 aromatic carbocycles. The van der Waals surface area contributed by atoms with Crippen LogP contribution in [0.2, 0.25) is 5.02 Å². The monoisotopic (exact) mass is 316 g/mol. The fraction of sp³-hybridized carbons (Fsp3) is 0.111. The van der Waals surface area contributed by atoms with Gasteiger partial charge in [-0.25, -0.2) is 0 Å². The van der Waals surface area contributed by atoms with Crippen molar-refractivity contribution in [2.75, 3.05) is 0 Å². The highest BCUT2D eigenvalue weighted by atomic mass is 35.5. The number of fused-ring (bicyclic) bond motifs is 1. The lowest BCUT2D eigenvalue weighted by atomic mass is 10.1. The molecular weight excluding hydrogens is 303 g/mol. The molecule has 0 spiro atoms. The van der Waals surface area contributed by atoms with E-state index in [1.807, 2.05) is 61.5 Å². The number of halogens is 2. The molecule has 3 heteroatoms. The van der Waals surface area contributed by atoms with Crippen LogP contribution < -0.4 is 4.74 Å². The van der Waals surface area contributed by atoms with Crippen LogP contribution in [0, 0.1) is 6.92 Å². The van der Waals surface area contributed by atoms with Crippen LogP contribution in [-0.4, -0.2) is 0 Å². The van der Waals surface area contributed by atoms with Crippen molar-refractivity contribution in [2.45, 2.75) is 12.8 Å². The molecule has 0 saturated carbocycles. The number of alkyl halides is 1. The maximum absolute atomic E-state index is 6.24. The standard InChI is InChI=1S/C18H14Cl2O/c1-12-6-7-13(11-19)10-18(12)21-17-9-8-16(20)14-4-2-3-5-15(14)17/h2-10H,11H2,1H3. The van der Waals surface area contributed by atoms with Gasteiger partial charge in [0.05, 0.1) is 0 Å². The molecule has 21 heavy (non-hydrogen) atoms. The van der Waals surface area contributed by atoms with E-state index in [1.165, 1.54) is 0 Å². The van der Waals surface area contributed by atoms with E-state index in [9.17, 15) is 0 Å². The van der Waals surface area contributed by atoms with Crippen LogP contribution in [0.5, 0.6) is 11.5 Å². The van der Waals surface area contributed by atoms with Gasteiger partial charge in [-0.05, 0) is 36.2 Å². The molecule has 0 fully saturated rings. The highest BCUT2D eigenvalue weighted by molar-refractivity contribution is 6.35. The first-order valence-electron chi connectivity index (χ1n) is 6.69. The molecule has 0 aliphatic rings. The smallest absolute Gasteiger partial charge is 0.135 e. The maximum atomic E-state index is 6.24. The van der Waals surface area contributed by atoms with Gasteiger partial charge in [-0.2, -0.15) is 0 Å². The van der Waals surface area contributed by atoms with E-state index in [0.717, 1.165) is 38.4 Å². The SMILES string of the molecule is Cc1ccc(CCl)cc1Oc1ccc(Cl)c2ccccc12. The van der Waals surface area contributed by atoms with Crippen LogP contribution in [0.3, 0.4) is 0 Å². The number of benzene rings is 3. The zero-order chi connectivity index (χ0) is 14.8. The van der Waals surface area contributed by atoms with Crippen LogP contribution in [0.1, 0.15) is 11.1 Å². The summed E-state index contributed by atoms with van der Waals surface area (Å²) in [4.78, 5) is 0. The molecule has 0 aliphatic carbocycles. The Balaban J connectivity index is 2.08. The van der Waals surface area contributed by atoms with Crippen molar-refractivity contribution in [3.8, 4) is 11.5 Å². The predicted molar refractivity (Wildman–Crippen MR) is 89.8 cm³/mol. The molecule has 0 saturated heterocycles. The van der Waals surface area contributed by atoms with Gasteiger partial charge in [0, 0.05) is 21.7 Å². The van der Waals surface area contributed by atoms with Gasteiger partial charge in [0.1, 0.15) is 11.5 Å². The highest BCUT2D eigenvalue weighted by Crippen LogP contribution is 2.35. The van der Waals surface area contributed by atoms with E-state index in [-0.39, 0.29) is 0 Å².